The summed E-state index contributed by atoms with van der Waals surface area (Å²) in [6.07, 6.45) is 3.92. The van der Waals surface area contributed by atoms with E-state index in [9.17, 15) is 4.79 Å². The maximum atomic E-state index is 12.3. The summed E-state index contributed by atoms with van der Waals surface area (Å²) in [5.41, 5.74) is 10.6. The van der Waals surface area contributed by atoms with Gasteiger partial charge in [0.1, 0.15) is 0 Å². The Bertz CT molecular complexity index is 707. The van der Waals surface area contributed by atoms with Gasteiger partial charge in [-0.1, -0.05) is 11.2 Å². The Morgan fingerprint density at radius 2 is 2.35 bits per heavy atom. The summed E-state index contributed by atoms with van der Waals surface area (Å²) < 4.78 is 4.91. The number of benzene rings is 1. The van der Waals surface area contributed by atoms with Gasteiger partial charge in [0.25, 0.3) is 0 Å². The van der Waals surface area contributed by atoms with Gasteiger partial charge in [-0.05, 0) is 67.5 Å². The largest absolute Gasteiger partial charge is 0.399 e. The first kappa shape index (κ1) is 15.9. The first-order chi connectivity index (χ1) is 11.0. The molecule has 0 saturated heterocycles. The second-order valence-corrected chi connectivity index (χ2v) is 6.33. The van der Waals surface area contributed by atoms with Gasteiger partial charge in [-0.25, -0.2) is 0 Å². The van der Waals surface area contributed by atoms with Gasteiger partial charge < -0.3 is 15.6 Å². The molecular weight excluding hydrogens is 314 g/mol. The van der Waals surface area contributed by atoms with E-state index in [1.54, 1.807) is 0 Å². The van der Waals surface area contributed by atoms with Crippen molar-refractivity contribution in [2.24, 2.45) is 0 Å². The first-order valence-electron chi connectivity index (χ1n) is 7.83. The van der Waals surface area contributed by atoms with Gasteiger partial charge in [-0.15, -0.1) is 0 Å². The number of aromatic nitrogens is 1. The van der Waals surface area contributed by atoms with E-state index in [0.29, 0.717) is 12.8 Å². The summed E-state index contributed by atoms with van der Waals surface area (Å²) in [5.74, 6) is 0.0105. The summed E-state index contributed by atoms with van der Waals surface area (Å²) >= 11 is 5.93. The Morgan fingerprint density at radius 1 is 1.52 bits per heavy atom. The molecular formula is C17H20ClN3O2. The maximum Gasteiger partial charge on any atom is 0.229 e. The predicted molar refractivity (Wildman–Crippen MR) is 89.2 cm³/mol. The number of carbonyl (C=O) groups is 1. The molecule has 1 amide bonds. The van der Waals surface area contributed by atoms with Crippen molar-refractivity contribution >= 4 is 23.2 Å². The van der Waals surface area contributed by atoms with Gasteiger partial charge in [0.05, 0.1) is 11.7 Å². The topological polar surface area (TPSA) is 81.2 Å². The first-order valence-corrected chi connectivity index (χ1v) is 8.20. The Morgan fingerprint density at radius 3 is 3.09 bits per heavy atom. The van der Waals surface area contributed by atoms with E-state index >= 15 is 0 Å². The lowest BCUT2D eigenvalue weighted by Gasteiger charge is -2.26. The highest BCUT2D eigenvalue weighted by Gasteiger charge is 2.22. The number of nitrogens with one attached hydrogen (secondary N) is 1. The molecule has 6 heteroatoms. The van der Waals surface area contributed by atoms with E-state index in [4.69, 9.17) is 21.9 Å². The highest BCUT2D eigenvalue weighted by atomic mass is 35.5. The molecule has 23 heavy (non-hydrogen) atoms. The van der Waals surface area contributed by atoms with Crippen molar-refractivity contribution in [3.63, 3.8) is 0 Å². The summed E-state index contributed by atoms with van der Waals surface area (Å²) in [6.45, 7) is 1.82. The zero-order valence-corrected chi connectivity index (χ0v) is 13.8. The molecule has 1 aliphatic rings. The zero-order chi connectivity index (χ0) is 16.4. The van der Waals surface area contributed by atoms with E-state index in [1.165, 1.54) is 11.1 Å². The van der Waals surface area contributed by atoms with Crippen LogP contribution in [-0.2, 0) is 17.6 Å². The van der Waals surface area contributed by atoms with Crippen molar-refractivity contribution in [2.75, 3.05) is 5.73 Å². The Hall–Kier alpha value is -2.01. The van der Waals surface area contributed by atoms with Crippen LogP contribution in [0, 0.1) is 6.92 Å². The monoisotopic (exact) mass is 333 g/mol. The molecule has 1 aromatic carbocycles. The van der Waals surface area contributed by atoms with Crippen LogP contribution in [0.1, 0.15) is 47.7 Å². The van der Waals surface area contributed by atoms with Crippen LogP contribution in [0.4, 0.5) is 5.69 Å². The van der Waals surface area contributed by atoms with Crippen molar-refractivity contribution in [3.8, 4) is 0 Å². The lowest BCUT2D eigenvalue weighted by molar-refractivity contribution is -0.121. The number of nitrogens with zero attached hydrogens (tertiary/aromatic N) is 1. The summed E-state index contributed by atoms with van der Waals surface area (Å²) in [7, 11) is 0. The van der Waals surface area contributed by atoms with Crippen LogP contribution in [-0.4, -0.2) is 11.1 Å². The van der Waals surface area contributed by atoms with Gasteiger partial charge >= 0.3 is 0 Å². The minimum Gasteiger partial charge on any atom is -0.399 e. The molecule has 0 aliphatic heterocycles. The minimum atomic E-state index is 0.0105. The smallest absolute Gasteiger partial charge is 0.229 e. The van der Waals surface area contributed by atoms with Gasteiger partial charge in [-0.3, -0.25) is 4.79 Å². The fourth-order valence-corrected chi connectivity index (χ4v) is 3.40. The zero-order valence-electron chi connectivity index (χ0n) is 13.1. The minimum absolute atomic E-state index is 0.0105. The quantitative estimate of drug-likeness (QED) is 0.841. The lowest BCUT2D eigenvalue weighted by atomic mass is 9.87. The maximum absolute atomic E-state index is 12.3. The van der Waals surface area contributed by atoms with Crippen LogP contribution in [0.5, 0.6) is 0 Å². The van der Waals surface area contributed by atoms with E-state index < -0.39 is 0 Å². The van der Waals surface area contributed by atoms with E-state index in [2.05, 4.69) is 10.5 Å². The third-order valence-corrected chi connectivity index (χ3v) is 4.65. The fourth-order valence-electron chi connectivity index (χ4n) is 3.13. The van der Waals surface area contributed by atoms with Crippen molar-refractivity contribution in [1.29, 1.82) is 0 Å². The third-order valence-electron chi connectivity index (χ3n) is 4.36. The number of halogens is 1. The molecule has 0 radical (unpaired) electrons. The van der Waals surface area contributed by atoms with E-state index in [1.807, 2.05) is 25.1 Å². The van der Waals surface area contributed by atoms with Crippen LogP contribution >= 0.6 is 11.6 Å². The van der Waals surface area contributed by atoms with Gasteiger partial charge in [-0.2, -0.15) is 0 Å². The summed E-state index contributed by atoms with van der Waals surface area (Å²) in [4.78, 5) is 12.3. The number of hydrogen-bond donors (Lipinski definition) is 2. The fraction of sp³-hybridized carbons (Fsp3) is 0.412. The number of anilines is 1. The summed E-state index contributed by atoms with van der Waals surface area (Å²) in [5, 5.41) is 7.19. The average Bonchev–Trinajstić information content (AvgIpc) is 2.84. The van der Waals surface area contributed by atoms with Crippen molar-refractivity contribution in [1.82, 2.24) is 10.5 Å². The molecule has 0 spiro atoms. The van der Waals surface area contributed by atoms with E-state index in [-0.39, 0.29) is 17.2 Å². The van der Waals surface area contributed by atoms with Crippen LogP contribution in [0.2, 0.25) is 5.22 Å². The molecule has 3 N–H and O–H groups in total. The van der Waals surface area contributed by atoms with Crippen LogP contribution in [0.15, 0.2) is 22.7 Å². The highest BCUT2D eigenvalue weighted by Crippen LogP contribution is 2.31. The van der Waals surface area contributed by atoms with E-state index in [0.717, 1.165) is 36.2 Å². The molecule has 0 bridgehead atoms. The Balaban J connectivity index is 1.63. The van der Waals surface area contributed by atoms with Gasteiger partial charge in [0.2, 0.25) is 11.1 Å². The van der Waals surface area contributed by atoms with Crippen molar-refractivity contribution in [3.05, 3.63) is 45.8 Å². The van der Waals surface area contributed by atoms with Crippen LogP contribution < -0.4 is 11.1 Å². The molecule has 1 unspecified atom stereocenters. The molecule has 122 valence electrons. The molecule has 0 saturated carbocycles. The molecule has 2 aromatic rings. The number of hydrogen-bond acceptors (Lipinski definition) is 4. The number of amides is 1. The van der Waals surface area contributed by atoms with Gasteiger partial charge in [0.15, 0.2) is 0 Å². The van der Waals surface area contributed by atoms with Crippen molar-refractivity contribution in [2.45, 2.75) is 45.1 Å². The lowest BCUT2D eigenvalue weighted by Crippen LogP contribution is -2.31. The normalized spacial score (nSPS) is 16.9. The number of rotatable bonds is 4. The number of aryl methyl sites for hydroxylation is 2. The SMILES string of the molecule is Cc1noc(Cl)c1CCC(=O)NC1CCCc2cc(N)ccc21. The number of fused-ring (bicyclic) bond motifs is 1. The molecule has 1 heterocycles. The molecule has 3 rings (SSSR count). The van der Waals surface area contributed by atoms with Gasteiger partial charge in [0, 0.05) is 17.7 Å². The average molecular weight is 334 g/mol. The predicted octanol–water partition coefficient (Wildman–Crippen LogP) is 3.35. The van der Waals surface area contributed by atoms with Crippen LogP contribution in [0.3, 0.4) is 0 Å². The van der Waals surface area contributed by atoms with Crippen molar-refractivity contribution < 1.29 is 9.32 Å². The highest BCUT2D eigenvalue weighted by molar-refractivity contribution is 6.29. The number of nitrogens with two attached hydrogens (primary N) is 1. The third kappa shape index (κ3) is 3.50. The number of carbonyl (C=O) groups excluding carboxylic acids is 1. The van der Waals surface area contributed by atoms with Crippen LogP contribution in [0.25, 0.3) is 0 Å². The summed E-state index contributed by atoms with van der Waals surface area (Å²) in [6, 6.07) is 5.98. The Kier molecular flexibility index (Phi) is 4.57. The number of nitrogen functional groups attached to an aromatic ring is 1. The molecule has 5 nitrogen and oxygen atoms in total. The standard InChI is InChI=1S/C17H20ClN3O2/c1-10-13(17(18)23-21-10)7-8-16(22)20-15-4-2-3-11-9-12(19)5-6-14(11)15/h5-6,9,15H,2-4,7-8,19H2,1H3,(H,20,22). The second-order valence-electron chi connectivity index (χ2n) is 5.99. The molecule has 0 fully saturated rings. The Labute approximate surface area is 140 Å². The molecule has 1 aliphatic carbocycles. The molecule has 1 atom stereocenters. The molecule has 1 aromatic heterocycles. The second kappa shape index (κ2) is 6.62.